The second-order valence-electron chi connectivity index (χ2n) is 5.08. The van der Waals surface area contributed by atoms with E-state index in [0.29, 0.717) is 17.7 Å². The van der Waals surface area contributed by atoms with Gasteiger partial charge in [0, 0.05) is 5.33 Å². The van der Waals surface area contributed by atoms with Gasteiger partial charge in [0.1, 0.15) is 0 Å². The summed E-state index contributed by atoms with van der Waals surface area (Å²) in [5.41, 5.74) is 4.28. The van der Waals surface area contributed by atoms with Crippen LogP contribution in [0.15, 0.2) is 42.5 Å². The minimum absolute atomic E-state index is 0.209. The number of imide groups is 1. The van der Waals surface area contributed by atoms with Crippen LogP contribution >= 0.6 is 15.9 Å². The van der Waals surface area contributed by atoms with E-state index in [9.17, 15) is 9.59 Å². The molecule has 0 fully saturated rings. The highest BCUT2D eigenvalue weighted by molar-refractivity contribution is 9.08. The molecule has 0 unspecified atom stereocenters. The Labute approximate surface area is 131 Å². The van der Waals surface area contributed by atoms with Crippen LogP contribution in [0, 0.1) is 6.92 Å². The van der Waals surface area contributed by atoms with Gasteiger partial charge in [-0.25, -0.2) is 0 Å². The van der Waals surface area contributed by atoms with Crippen LogP contribution in [0.1, 0.15) is 37.4 Å². The summed E-state index contributed by atoms with van der Waals surface area (Å²) >= 11 is 3.45. The quantitative estimate of drug-likeness (QED) is 0.629. The molecule has 0 aliphatic carbocycles. The van der Waals surface area contributed by atoms with Gasteiger partial charge in [0.15, 0.2) is 0 Å². The Kier molecular flexibility index (Phi) is 3.64. The number of carbonyl (C=O) groups excluding carboxylic acids is 2. The summed E-state index contributed by atoms with van der Waals surface area (Å²) in [7, 11) is 0. The summed E-state index contributed by atoms with van der Waals surface area (Å²) in [5.74, 6) is -0.418. The summed E-state index contributed by atoms with van der Waals surface area (Å²) in [6.45, 7) is 2.34. The van der Waals surface area contributed by atoms with Crippen molar-refractivity contribution in [3.05, 3.63) is 70.3 Å². The maximum atomic E-state index is 12.4. The molecule has 3 nitrogen and oxygen atoms in total. The Bertz CT molecular complexity index is 704. The lowest BCUT2D eigenvalue weighted by Gasteiger charge is -2.17. The molecule has 2 aromatic carbocycles. The fourth-order valence-electron chi connectivity index (χ4n) is 2.61. The molecule has 3 rings (SSSR count). The third kappa shape index (κ3) is 2.29. The van der Waals surface area contributed by atoms with Crippen LogP contribution in [0.25, 0.3) is 0 Å². The first-order valence-corrected chi connectivity index (χ1v) is 7.84. The van der Waals surface area contributed by atoms with E-state index in [1.54, 1.807) is 24.3 Å². The second kappa shape index (κ2) is 5.45. The molecule has 0 radical (unpaired) electrons. The van der Waals surface area contributed by atoms with Crippen molar-refractivity contribution in [2.45, 2.75) is 18.8 Å². The van der Waals surface area contributed by atoms with Crippen molar-refractivity contribution in [3.8, 4) is 0 Å². The van der Waals surface area contributed by atoms with Crippen LogP contribution in [-0.2, 0) is 11.9 Å². The third-order valence-electron chi connectivity index (χ3n) is 3.91. The van der Waals surface area contributed by atoms with Crippen molar-refractivity contribution in [3.63, 3.8) is 0 Å². The summed E-state index contributed by atoms with van der Waals surface area (Å²) in [6, 6.07) is 12.9. The highest BCUT2D eigenvalue weighted by Gasteiger charge is 2.35. The lowest BCUT2D eigenvalue weighted by atomic mass is 10.0. The summed E-state index contributed by atoms with van der Waals surface area (Å²) in [5, 5.41) is 0.759. The van der Waals surface area contributed by atoms with E-state index in [2.05, 4.69) is 15.9 Å². The standard InChI is InChI=1S/C17H14BrNO2/c1-11-12(9-18)5-4-6-13(11)10-19-16(20)14-7-2-3-8-15(14)17(19)21/h2-8H,9-10H2,1H3. The minimum atomic E-state index is -0.209. The van der Waals surface area contributed by atoms with E-state index in [1.807, 2.05) is 25.1 Å². The van der Waals surface area contributed by atoms with E-state index < -0.39 is 0 Å². The van der Waals surface area contributed by atoms with Gasteiger partial charge in [-0.15, -0.1) is 0 Å². The van der Waals surface area contributed by atoms with Crippen molar-refractivity contribution in [1.82, 2.24) is 4.90 Å². The van der Waals surface area contributed by atoms with Crippen molar-refractivity contribution in [1.29, 1.82) is 0 Å². The van der Waals surface area contributed by atoms with Gasteiger partial charge in [0.05, 0.1) is 17.7 Å². The molecule has 1 aliphatic heterocycles. The van der Waals surface area contributed by atoms with Crippen molar-refractivity contribution < 1.29 is 9.59 Å². The molecule has 0 atom stereocenters. The van der Waals surface area contributed by atoms with Crippen molar-refractivity contribution in [2.24, 2.45) is 0 Å². The van der Waals surface area contributed by atoms with Gasteiger partial charge >= 0.3 is 0 Å². The van der Waals surface area contributed by atoms with Crippen LogP contribution in [0.2, 0.25) is 0 Å². The second-order valence-corrected chi connectivity index (χ2v) is 5.64. The number of hydrogen-bond donors (Lipinski definition) is 0. The first kappa shape index (κ1) is 14.0. The molecule has 0 spiro atoms. The number of alkyl halides is 1. The van der Waals surface area contributed by atoms with Crippen LogP contribution in [0.4, 0.5) is 0 Å². The fraction of sp³-hybridized carbons (Fsp3) is 0.176. The van der Waals surface area contributed by atoms with Crippen LogP contribution < -0.4 is 0 Å². The molecule has 0 aromatic heterocycles. The number of benzene rings is 2. The van der Waals surface area contributed by atoms with Crippen LogP contribution in [-0.4, -0.2) is 16.7 Å². The maximum absolute atomic E-state index is 12.4. The summed E-state index contributed by atoms with van der Waals surface area (Å²) in [4.78, 5) is 26.1. The number of halogens is 1. The van der Waals surface area contributed by atoms with E-state index in [0.717, 1.165) is 16.5 Å². The normalized spacial score (nSPS) is 13.7. The van der Waals surface area contributed by atoms with Crippen LogP contribution in [0.5, 0.6) is 0 Å². The highest BCUT2D eigenvalue weighted by atomic mass is 79.9. The average Bonchev–Trinajstić information content (AvgIpc) is 2.75. The van der Waals surface area contributed by atoms with Gasteiger partial charge in [0.25, 0.3) is 11.8 Å². The van der Waals surface area contributed by atoms with Gasteiger partial charge in [-0.2, -0.15) is 0 Å². The van der Waals surface area contributed by atoms with Gasteiger partial charge in [-0.05, 0) is 35.7 Å². The van der Waals surface area contributed by atoms with Gasteiger partial charge < -0.3 is 0 Å². The molecular weight excluding hydrogens is 330 g/mol. The SMILES string of the molecule is Cc1c(CBr)cccc1CN1C(=O)c2ccccc2C1=O. The molecule has 0 bridgehead atoms. The molecule has 106 valence electrons. The number of fused-ring (bicyclic) bond motifs is 1. The van der Waals surface area contributed by atoms with Crippen LogP contribution in [0.3, 0.4) is 0 Å². The fourth-order valence-corrected chi connectivity index (χ4v) is 3.21. The third-order valence-corrected chi connectivity index (χ3v) is 4.51. The molecular formula is C17H14BrNO2. The maximum Gasteiger partial charge on any atom is 0.261 e. The number of hydrogen-bond acceptors (Lipinski definition) is 2. The molecule has 0 saturated heterocycles. The number of amides is 2. The zero-order valence-electron chi connectivity index (χ0n) is 11.6. The lowest BCUT2D eigenvalue weighted by Crippen LogP contribution is -2.29. The molecule has 1 heterocycles. The molecule has 0 saturated carbocycles. The minimum Gasteiger partial charge on any atom is -0.270 e. The Hall–Kier alpha value is -1.94. The summed E-state index contributed by atoms with van der Waals surface area (Å²) < 4.78 is 0. The molecule has 4 heteroatoms. The van der Waals surface area contributed by atoms with E-state index in [-0.39, 0.29) is 11.8 Å². The van der Waals surface area contributed by atoms with Crippen molar-refractivity contribution in [2.75, 3.05) is 0 Å². The Morgan fingerprint density at radius 2 is 1.48 bits per heavy atom. The zero-order chi connectivity index (χ0) is 15.0. The Morgan fingerprint density at radius 1 is 0.905 bits per heavy atom. The Balaban J connectivity index is 1.94. The molecule has 21 heavy (non-hydrogen) atoms. The zero-order valence-corrected chi connectivity index (χ0v) is 13.2. The topological polar surface area (TPSA) is 37.4 Å². The van der Waals surface area contributed by atoms with Gasteiger partial charge in [-0.3, -0.25) is 14.5 Å². The number of rotatable bonds is 3. The molecule has 1 aliphatic rings. The lowest BCUT2D eigenvalue weighted by molar-refractivity contribution is 0.0642. The first-order valence-electron chi connectivity index (χ1n) is 6.72. The first-order chi connectivity index (χ1) is 10.1. The predicted molar refractivity (Wildman–Crippen MR) is 84.5 cm³/mol. The smallest absolute Gasteiger partial charge is 0.261 e. The average molecular weight is 344 g/mol. The summed E-state index contributed by atoms with van der Waals surface area (Å²) in [6.07, 6.45) is 0. The predicted octanol–water partition coefficient (Wildman–Crippen LogP) is 3.69. The van der Waals surface area contributed by atoms with Gasteiger partial charge in [0.2, 0.25) is 0 Å². The number of carbonyl (C=O) groups is 2. The molecule has 0 N–H and O–H groups in total. The monoisotopic (exact) mass is 343 g/mol. The Morgan fingerprint density at radius 3 is 2.05 bits per heavy atom. The molecule has 2 amide bonds. The number of nitrogens with zero attached hydrogens (tertiary/aromatic N) is 1. The van der Waals surface area contributed by atoms with E-state index >= 15 is 0 Å². The van der Waals surface area contributed by atoms with Gasteiger partial charge in [-0.1, -0.05) is 46.3 Å². The van der Waals surface area contributed by atoms with E-state index in [1.165, 1.54) is 10.5 Å². The van der Waals surface area contributed by atoms with E-state index in [4.69, 9.17) is 0 Å². The highest BCUT2D eigenvalue weighted by Crippen LogP contribution is 2.26. The largest absolute Gasteiger partial charge is 0.270 e. The van der Waals surface area contributed by atoms with Crippen molar-refractivity contribution >= 4 is 27.7 Å². The molecule has 2 aromatic rings.